The minimum Gasteiger partial charge on any atom is -0.448 e. The lowest BCUT2D eigenvalue weighted by Crippen LogP contribution is -2.17. The van der Waals surface area contributed by atoms with Gasteiger partial charge in [0.1, 0.15) is 12.4 Å². The highest BCUT2D eigenvalue weighted by atomic mass is 35.5. The van der Waals surface area contributed by atoms with Crippen LogP contribution in [0.5, 0.6) is 5.75 Å². The largest absolute Gasteiger partial charge is 0.573 e. The van der Waals surface area contributed by atoms with Crippen LogP contribution >= 0.6 is 11.6 Å². The van der Waals surface area contributed by atoms with E-state index in [-0.39, 0.29) is 23.9 Å². The maximum Gasteiger partial charge on any atom is 0.573 e. The van der Waals surface area contributed by atoms with Gasteiger partial charge >= 0.3 is 12.5 Å². The van der Waals surface area contributed by atoms with Crippen molar-refractivity contribution in [3.63, 3.8) is 0 Å². The molecule has 0 aliphatic rings. The molecule has 100 valence electrons. The monoisotopic (exact) mass is 283 g/mol. The number of hydrogen-bond acceptors (Lipinski definition) is 3. The maximum absolute atomic E-state index is 11.9. The molecular formula is C10H9ClF3NO3. The second-order valence-electron chi connectivity index (χ2n) is 3.02. The van der Waals surface area contributed by atoms with Gasteiger partial charge in [-0.3, -0.25) is 5.32 Å². The van der Waals surface area contributed by atoms with Crippen molar-refractivity contribution in [2.24, 2.45) is 0 Å². The molecule has 0 atom stereocenters. The number of ether oxygens (including phenoxy) is 2. The number of halogens is 4. The van der Waals surface area contributed by atoms with Gasteiger partial charge in [-0.15, -0.1) is 24.8 Å². The van der Waals surface area contributed by atoms with Crippen LogP contribution in [0.4, 0.5) is 23.7 Å². The fourth-order valence-corrected chi connectivity index (χ4v) is 1.10. The van der Waals surface area contributed by atoms with E-state index in [1.165, 1.54) is 12.1 Å². The highest BCUT2D eigenvalue weighted by Crippen LogP contribution is 2.23. The van der Waals surface area contributed by atoms with E-state index in [1.807, 2.05) is 0 Å². The summed E-state index contributed by atoms with van der Waals surface area (Å²) in [5.74, 6) is -0.214. The molecule has 1 aromatic carbocycles. The van der Waals surface area contributed by atoms with Crippen molar-refractivity contribution < 1.29 is 27.4 Å². The molecule has 1 rings (SSSR count). The van der Waals surface area contributed by atoms with Gasteiger partial charge in [0.25, 0.3) is 0 Å². The summed E-state index contributed by atoms with van der Waals surface area (Å²) < 4.78 is 43.9. The van der Waals surface area contributed by atoms with Gasteiger partial charge in [0, 0.05) is 5.69 Å². The van der Waals surface area contributed by atoms with Crippen LogP contribution in [-0.2, 0) is 4.74 Å². The van der Waals surface area contributed by atoms with E-state index < -0.39 is 12.5 Å². The Bertz CT molecular complexity index is 394. The van der Waals surface area contributed by atoms with Crippen LogP contribution in [0.15, 0.2) is 24.3 Å². The van der Waals surface area contributed by atoms with Gasteiger partial charge in [0.2, 0.25) is 0 Å². The van der Waals surface area contributed by atoms with Crippen molar-refractivity contribution in [2.75, 3.05) is 17.8 Å². The lowest BCUT2D eigenvalue weighted by atomic mass is 10.3. The third-order valence-corrected chi connectivity index (χ3v) is 1.80. The first-order valence-electron chi connectivity index (χ1n) is 4.76. The van der Waals surface area contributed by atoms with Crippen LogP contribution in [0.2, 0.25) is 0 Å². The molecule has 0 spiro atoms. The molecule has 8 heteroatoms. The van der Waals surface area contributed by atoms with Crippen LogP contribution in [0.1, 0.15) is 0 Å². The molecule has 0 bridgehead atoms. The number of alkyl halides is 4. The Morgan fingerprint density at radius 3 is 2.39 bits per heavy atom. The molecule has 0 unspecified atom stereocenters. The van der Waals surface area contributed by atoms with Crippen molar-refractivity contribution in [1.29, 1.82) is 0 Å². The summed E-state index contributed by atoms with van der Waals surface area (Å²) in [6.45, 7) is 0.0443. The Morgan fingerprint density at radius 2 is 1.89 bits per heavy atom. The Hall–Kier alpha value is -1.63. The molecule has 0 heterocycles. The predicted octanol–water partition coefficient (Wildman–Crippen LogP) is 3.37. The van der Waals surface area contributed by atoms with E-state index in [0.29, 0.717) is 0 Å². The van der Waals surface area contributed by atoms with Gasteiger partial charge in [-0.05, 0) is 24.3 Å². The minimum atomic E-state index is -4.74. The zero-order chi connectivity index (χ0) is 13.6. The summed E-state index contributed by atoms with van der Waals surface area (Å²) >= 11 is 5.30. The molecule has 0 aromatic heterocycles. The van der Waals surface area contributed by atoms with Crippen LogP contribution in [-0.4, -0.2) is 24.9 Å². The summed E-state index contributed by atoms with van der Waals surface area (Å²) in [7, 11) is 0. The van der Waals surface area contributed by atoms with Gasteiger partial charge in [-0.25, -0.2) is 4.79 Å². The van der Waals surface area contributed by atoms with E-state index in [9.17, 15) is 18.0 Å². The van der Waals surface area contributed by atoms with Gasteiger partial charge < -0.3 is 9.47 Å². The maximum atomic E-state index is 11.9. The number of amides is 1. The third kappa shape index (κ3) is 5.62. The number of carbonyl (C=O) groups is 1. The SMILES string of the molecule is O=C(Nc1ccc(OC(F)(F)F)cc1)OCCCl. The van der Waals surface area contributed by atoms with Gasteiger partial charge in [-0.1, -0.05) is 0 Å². The Balaban J connectivity index is 2.52. The van der Waals surface area contributed by atoms with E-state index in [2.05, 4.69) is 14.8 Å². The van der Waals surface area contributed by atoms with Gasteiger partial charge in [-0.2, -0.15) is 0 Å². The average molecular weight is 284 g/mol. The molecule has 1 aromatic rings. The third-order valence-electron chi connectivity index (χ3n) is 1.64. The lowest BCUT2D eigenvalue weighted by molar-refractivity contribution is -0.274. The zero-order valence-corrected chi connectivity index (χ0v) is 9.72. The number of carbonyl (C=O) groups excluding carboxylic acids is 1. The quantitative estimate of drug-likeness (QED) is 0.862. The second-order valence-corrected chi connectivity index (χ2v) is 3.40. The van der Waals surface area contributed by atoms with Gasteiger partial charge in [0.15, 0.2) is 0 Å². The number of hydrogen-bond donors (Lipinski definition) is 1. The molecule has 4 nitrogen and oxygen atoms in total. The Morgan fingerprint density at radius 1 is 1.28 bits per heavy atom. The number of nitrogens with one attached hydrogen (secondary N) is 1. The first-order valence-corrected chi connectivity index (χ1v) is 5.30. The van der Waals surface area contributed by atoms with Crippen molar-refractivity contribution in [2.45, 2.75) is 6.36 Å². The summed E-state index contributed by atoms with van der Waals surface area (Å²) in [6.07, 6.45) is -5.48. The molecule has 0 saturated heterocycles. The molecule has 1 amide bonds. The molecule has 0 saturated carbocycles. The topological polar surface area (TPSA) is 47.6 Å². The number of benzene rings is 1. The highest BCUT2D eigenvalue weighted by Gasteiger charge is 2.30. The molecular weight excluding hydrogens is 275 g/mol. The standard InChI is InChI=1S/C10H9ClF3NO3/c11-5-6-17-9(16)15-7-1-3-8(4-2-7)18-10(12,13)14/h1-4H,5-6H2,(H,15,16). The van der Waals surface area contributed by atoms with Crippen LogP contribution in [0.25, 0.3) is 0 Å². The first-order chi connectivity index (χ1) is 8.40. The van der Waals surface area contributed by atoms with E-state index in [1.54, 1.807) is 0 Å². The Labute approximate surface area is 106 Å². The zero-order valence-electron chi connectivity index (χ0n) is 8.96. The molecule has 1 N–H and O–H groups in total. The van der Waals surface area contributed by atoms with Crippen LogP contribution < -0.4 is 10.1 Å². The second kappa shape index (κ2) is 6.34. The van der Waals surface area contributed by atoms with E-state index >= 15 is 0 Å². The fraction of sp³-hybridized carbons (Fsp3) is 0.300. The van der Waals surface area contributed by atoms with Crippen LogP contribution in [0.3, 0.4) is 0 Å². The summed E-state index contributed by atoms with van der Waals surface area (Å²) in [4.78, 5) is 11.1. The van der Waals surface area contributed by atoms with Crippen LogP contribution in [0, 0.1) is 0 Å². The molecule has 18 heavy (non-hydrogen) atoms. The normalized spacial score (nSPS) is 10.9. The van der Waals surface area contributed by atoms with Crippen molar-refractivity contribution in [3.05, 3.63) is 24.3 Å². The van der Waals surface area contributed by atoms with Crippen molar-refractivity contribution >= 4 is 23.4 Å². The summed E-state index contributed by atoms with van der Waals surface area (Å²) in [5, 5.41) is 2.31. The van der Waals surface area contributed by atoms with E-state index in [0.717, 1.165) is 12.1 Å². The van der Waals surface area contributed by atoms with Gasteiger partial charge in [0.05, 0.1) is 5.88 Å². The Kier molecular flexibility index (Phi) is 5.08. The predicted molar refractivity (Wildman–Crippen MR) is 58.8 cm³/mol. The van der Waals surface area contributed by atoms with Crippen molar-refractivity contribution in [1.82, 2.24) is 0 Å². The number of anilines is 1. The highest BCUT2D eigenvalue weighted by molar-refractivity contribution is 6.18. The lowest BCUT2D eigenvalue weighted by Gasteiger charge is -2.09. The molecule has 0 aliphatic heterocycles. The average Bonchev–Trinajstić information content (AvgIpc) is 2.27. The summed E-state index contributed by atoms with van der Waals surface area (Å²) in [6, 6.07) is 4.65. The fourth-order valence-electron chi connectivity index (χ4n) is 1.03. The van der Waals surface area contributed by atoms with Crippen molar-refractivity contribution in [3.8, 4) is 5.75 Å². The van der Waals surface area contributed by atoms with E-state index in [4.69, 9.17) is 11.6 Å². The minimum absolute atomic E-state index is 0.0443. The first kappa shape index (κ1) is 14.4. The molecule has 0 fully saturated rings. The molecule has 0 radical (unpaired) electrons. The smallest absolute Gasteiger partial charge is 0.448 e. The molecule has 0 aliphatic carbocycles. The summed E-state index contributed by atoms with van der Waals surface area (Å²) in [5.41, 5.74) is 0.282. The number of rotatable bonds is 4.